The maximum atomic E-state index is 13.5. The van der Waals surface area contributed by atoms with E-state index in [0.717, 1.165) is 26.1 Å². The van der Waals surface area contributed by atoms with Gasteiger partial charge in [0.05, 0.1) is 0 Å². The summed E-state index contributed by atoms with van der Waals surface area (Å²) in [4.78, 5) is 0. The molecule has 2 nitrogen and oxygen atoms in total. The van der Waals surface area contributed by atoms with E-state index in [1.165, 1.54) is 6.07 Å². The Labute approximate surface area is 101 Å². The Balaban J connectivity index is 0.00000128. The summed E-state index contributed by atoms with van der Waals surface area (Å²) in [6, 6.07) is 6.56. The second-order valence-electron chi connectivity index (χ2n) is 4.00. The van der Waals surface area contributed by atoms with Gasteiger partial charge in [-0.2, -0.15) is 0 Å². The molecule has 1 heterocycles. The molecule has 90 valence electrons. The third-order valence-corrected chi connectivity index (χ3v) is 3.04. The first-order chi connectivity index (χ1) is 7.29. The van der Waals surface area contributed by atoms with Crippen molar-refractivity contribution >= 4 is 12.4 Å². The van der Waals surface area contributed by atoms with Crippen molar-refractivity contribution in [2.24, 2.45) is 11.7 Å². The highest BCUT2D eigenvalue weighted by molar-refractivity contribution is 5.85. The van der Waals surface area contributed by atoms with Gasteiger partial charge in [0.15, 0.2) is 0 Å². The highest BCUT2D eigenvalue weighted by Gasteiger charge is 2.23. The summed E-state index contributed by atoms with van der Waals surface area (Å²) in [5.41, 5.74) is 6.70. The van der Waals surface area contributed by atoms with E-state index in [9.17, 15) is 4.39 Å². The predicted molar refractivity (Wildman–Crippen MR) is 64.1 cm³/mol. The normalized spacial score (nSPS) is 18.9. The lowest BCUT2D eigenvalue weighted by molar-refractivity contribution is 0.0580. The fourth-order valence-electron chi connectivity index (χ4n) is 2.07. The van der Waals surface area contributed by atoms with E-state index in [0.29, 0.717) is 11.5 Å². The Bertz CT molecular complexity index is 329. The zero-order chi connectivity index (χ0) is 10.7. The molecule has 1 aromatic rings. The van der Waals surface area contributed by atoms with Gasteiger partial charge in [-0.05, 0) is 24.8 Å². The SMILES string of the molecule is Cl.N[C@@H](c1ccccc1F)C1CCOCC1. The van der Waals surface area contributed by atoms with Gasteiger partial charge in [0.25, 0.3) is 0 Å². The van der Waals surface area contributed by atoms with Crippen molar-refractivity contribution in [2.45, 2.75) is 18.9 Å². The molecule has 0 amide bonds. The molecule has 0 radical (unpaired) electrons. The maximum absolute atomic E-state index is 13.5. The van der Waals surface area contributed by atoms with E-state index >= 15 is 0 Å². The molecule has 1 aromatic carbocycles. The first-order valence-electron chi connectivity index (χ1n) is 5.37. The number of halogens is 2. The van der Waals surface area contributed by atoms with Crippen LogP contribution >= 0.6 is 12.4 Å². The Morgan fingerprint density at radius 1 is 1.25 bits per heavy atom. The Kier molecular flexibility index (Phi) is 5.19. The van der Waals surface area contributed by atoms with Crippen molar-refractivity contribution in [3.63, 3.8) is 0 Å². The summed E-state index contributed by atoms with van der Waals surface area (Å²) in [7, 11) is 0. The Morgan fingerprint density at radius 2 is 1.88 bits per heavy atom. The molecule has 0 saturated carbocycles. The maximum Gasteiger partial charge on any atom is 0.127 e. The van der Waals surface area contributed by atoms with E-state index < -0.39 is 0 Å². The highest BCUT2D eigenvalue weighted by atomic mass is 35.5. The molecule has 0 bridgehead atoms. The third-order valence-electron chi connectivity index (χ3n) is 3.04. The number of hydrogen-bond acceptors (Lipinski definition) is 2. The number of ether oxygens (including phenoxy) is 1. The number of hydrogen-bond donors (Lipinski definition) is 1. The minimum Gasteiger partial charge on any atom is -0.381 e. The van der Waals surface area contributed by atoms with E-state index in [1.807, 2.05) is 6.07 Å². The average molecular weight is 246 g/mol. The van der Waals surface area contributed by atoms with Gasteiger partial charge in [-0.1, -0.05) is 18.2 Å². The van der Waals surface area contributed by atoms with E-state index in [1.54, 1.807) is 12.1 Å². The average Bonchev–Trinajstić information content (AvgIpc) is 2.30. The molecule has 0 spiro atoms. The lowest BCUT2D eigenvalue weighted by Crippen LogP contribution is -2.28. The third kappa shape index (κ3) is 2.94. The summed E-state index contributed by atoms with van der Waals surface area (Å²) in [6.07, 6.45) is 1.85. The molecule has 4 heteroatoms. The van der Waals surface area contributed by atoms with Crippen LogP contribution in [0.2, 0.25) is 0 Å². The fourth-order valence-corrected chi connectivity index (χ4v) is 2.07. The first kappa shape index (κ1) is 13.4. The number of benzene rings is 1. The molecule has 0 aliphatic carbocycles. The van der Waals surface area contributed by atoms with Crippen molar-refractivity contribution < 1.29 is 9.13 Å². The summed E-state index contributed by atoms with van der Waals surface area (Å²) in [6.45, 7) is 1.49. The van der Waals surface area contributed by atoms with Gasteiger partial charge in [-0.3, -0.25) is 0 Å². The quantitative estimate of drug-likeness (QED) is 0.870. The molecule has 1 fully saturated rings. The van der Waals surface area contributed by atoms with Crippen LogP contribution in [-0.4, -0.2) is 13.2 Å². The smallest absolute Gasteiger partial charge is 0.127 e. The van der Waals surface area contributed by atoms with Crippen LogP contribution in [0.1, 0.15) is 24.4 Å². The van der Waals surface area contributed by atoms with Gasteiger partial charge in [-0.25, -0.2) is 4.39 Å². The zero-order valence-corrected chi connectivity index (χ0v) is 9.88. The molecule has 1 aliphatic heterocycles. The topological polar surface area (TPSA) is 35.2 Å². The minimum absolute atomic E-state index is 0. The van der Waals surface area contributed by atoms with Gasteiger partial charge in [-0.15, -0.1) is 12.4 Å². The molecular weight excluding hydrogens is 229 g/mol. The van der Waals surface area contributed by atoms with Gasteiger partial charge >= 0.3 is 0 Å². The van der Waals surface area contributed by atoms with Crippen LogP contribution < -0.4 is 5.73 Å². The molecular formula is C12H17ClFNO. The van der Waals surface area contributed by atoms with Crippen molar-refractivity contribution in [1.29, 1.82) is 0 Å². The second kappa shape index (κ2) is 6.18. The molecule has 2 rings (SSSR count). The van der Waals surface area contributed by atoms with Crippen molar-refractivity contribution in [2.75, 3.05) is 13.2 Å². The number of nitrogens with two attached hydrogens (primary N) is 1. The van der Waals surface area contributed by atoms with Crippen molar-refractivity contribution in [1.82, 2.24) is 0 Å². The number of rotatable bonds is 2. The monoisotopic (exact) mass is 245 g/mol. The van der Waals surface area contributed by atoms with Crippen LogP contribution in [0.4, 0.5) is 4.39 Å². The van der Waals surface area contributed by atoms with Crippen LogP contribution in [-0.2, 0) is 4.74 Å². The summed E-state index contributed by atoms with van der Waals surface area (Å²) in [5.74, 6) is 0.146. The van der Waals surface area contributed by atoms with Crippen molar-refractivity contribution in [3.8, 4) is 0 Å². The highest BCUT2D eigenvalue weighted by Crippen LogP contribution is 2.29. The van der Waals surface area contributed by atoms with Gasteiger partial charge in [0, 0.05) is 24.8 Å². The molecule has 1 aliphatic rings. The van der Waals surface area contributed by atoms with Crippen LogP contribution in [0.3, 0.4) is 0 Å². The summed E-state index contributed by atoms with van der Waals surface area (Å²) >= 11 is 0. The van der Waals surface area contributed by atoms with Crippen LogP contribution in [0, 0.1) is 11.7 Å². The largest absolute Gasteiger partial charge is 0.381 e. The predicted octanol–water partition coefficient (Wildman–Crippen LogP) is 2.67. The van der Waals surface area contributed by atoms with E-state index in [-0.39, 0.29) is 24.3 Å². The zero-order valence-electron chi connectivity index (χ0n) is 9.06. The summed E-state index contributed by atoms with van der Waals surface area (Å²) < 4.78 is 18.8. The van der Waals surface area contributed by atoms with E-state index in [2.05, 4.69) is 0 Å². The summed E-state index contributed by atoms with van der Waals surface area (Å²) in [5, 5.41) is 0. The standard InChI is InChI=1S/C12H16FNO.ClH/c13-11-4-2-1-3-10(11)12(14)9-5-7-15-8-6-9;/h1-4,9,12H,5-8,14H2;1H/t12-;/m1./s1. The van der Waals surface area contributed by atoms with Crippen LogP contribution in [0.5, 0.6) is 0 Å². The Morgan fingerprint density at radius 3 is 2.50 bits per heavy atom. The molecule has 1 saturated heterocycles. The van der Waals surface area contributed by atoms with Crippen LogP contribution in [0.15, 0.2) is 24.3 Å². The lowest BCUT2D eigenvalue weighted by atomic mass is 9.87. The van der Waals surface area contributed by atoms with Crippen LogP contribution in [0.25, 0.3) is 0 Å². The van der Waals surface area contributed by atoms with Gasteiger partial charge < -0.3 is 10.5 Å². The minimum atomic E-state index is -0.199. The molecule has 16 heavy (non-hydrogen) atoms. The molecule has 1 atom stereocenters. The van der Waals surface area contributed by atoms with Gasteiger partial charge in [0.1, 0.15) is 5.82 Å². The fraction of sp³-hybridized carbons (Fsp3) is 0.500. The van der Waals surface area contributed by atoms with E-state index in [4.69, 9.17) is 10.5 Å². The molecule has 0 unspecified atom stereocenters. The molecule has 2 N–H and O–H groups in total. The first-order valence-corrected chi connectivity index (χ1v) is 5.37. The van der Waals surface area contributed by atoms with Gasteiger partial charge in [0.2, 0.25) is 0 Å². The second-order valence-corrected chi connectivity index (χ2v) is 4.00. The van der Waals surface area contributed by atoms with Crippen molar-refractivity contribution in [3.05, 3.63) is 35.6 Å². The Hall–Kier alpha value is -0.640. The molecule has 0 aromatic heterocycles. The lowest BCUT2D eigenvalue weighted by Gasteiger charge is -2.28.